The Kier molecular flexibility index (Phi) is 4.45. The average molecular weight is 356 g/mol. The summed E-state index contributed by atoms with van der Waals surface area (Å²) >= 11 is 14.7. The van der Waals surface area contributed by atoms with E-state index in [0.29, 0.717) is 10.0 Å². The van der Waals surface area contributed by atoms with Crippen LogP contribution in [-0.4, -0.2) is 4.99 Å². The van der Waals surface area contributed by atoms with E-state index >= 15 is 0 Å². The summed E-state index contributed by atoms with van der Waals surface area (Å²) in [6, 6.07) is 11.5. The molecule has 2 nitrogen and oxygen atoms in total. The minimum absolute atomic E-state index is 0.359. The van der Waals surface area contributed by atoms with Crippen molar-refractivity contribution in [3.05, 3.63) is 57.0 Å². The first-order chi connectivity index (χ1) is 8.99. The van der Waals surface area contributed by atoms with Crippen molar-refractivity contribution in [2.45, 2.75) is 6.92 Å². The lowest BCUT2D eigenvalue weighted by Crippen LogP contribution is -2.11. The van der Waals surface area contributed by atoms with Gasteiger partial charge in [0, 0.05) is 20.7 Å². The SMILES string of the molecule is Cc1cc(Br)c(Nc2ccccc2C(N)=S)cc1Cl. The third-order valence-corrected chi connectivity index (χ3v) is 3.99. The predicted molar refractivity (Wildman–Crippen MR) is 89.5 cm³/mol. The number of para-hydroxylation sites is 1. The highest BCUT2D eigenvalue weighted by atomic mass is 79.9. The number of hydrogen-bond donors (Lipinski definition) is 2. The highest BCUT2D eigenvalue weighted by molar-refractivity contribution is 9.10. The number of nitrogens with one attached hydrogen (secondary N) is 1. The maximum atomic E-state index is 6.14. The molecule has 98 valence electrons. The number of halogens is 2. The van der Waals surface area contributed by atoms with E-state index in [1.165, 1.54) is 0 Å². The number of nitrogens with two attached hydrogens (primary N) is 1. The van der Waals surface area contributed by atoms with E-state index in [1.54, 1.807) is 0 Å². The smallest absolute Gasteiger partial charge is 0.106 e. The Morgan fingerprint density at radius 3 is 2.63 bits per heavy atom. The van der Waals surface area contributed by atoms with Crippen molar-refractivity contribution < 1.29 is 0 Å². The van der Waals surface area contributed by atoms with E-state index < -0.39 is 0 Å². The van der Waals surface area contributed by atoms with Gasteiger partial charge < -0.3 is 11.1 Å². The van der Waals surface area contributed by atoms with Gasteiger partial charge in [-0.15, -0.1) is 0 Å². The molecule has 0 fully saturated rings. The summed E-state index contributed by atoms with van der Waals surface area (Å²) in [7, 11) is 0. The summed E-state index contributed by atoms with van der Waals surface area (Å²) < 4.78 is 0.937. The summed E-state index contributed by atoms with van der Waals surface area (Å²) in [6.45, 7) is 1.96. The lowest BCUT2D eigenvalue weighted by atomic mass is 10.1. The van der Waals surface area contributed by atoms with Crippen molar-refractivity contribution >= 4 is 56.1 Å². The van der Waals surface area contributed by atoms with Crippen LogP contribution < -0.4 is 11.1 Å². The van der Waals surface area contributed by atoms with Crippen molar-refractivity contribution in [1.29, 1.82) is 0 Å². The summed E-state index contributed by atoms with van der Waals surface area (Å²) in [5, 5.41) is 4.00. The van der Waals surface area contributed by atoms with Crippen LogP contribution in [0.3, 0.4) is 0 Å². The molecule has 0 aliphatic carbocycles. The number of thiocarbonyl (C=S) groups is 1. The Morgan fingerprint density at radius 2 is 1.95 bits per heavy atom. The highest BCUT2D eigenvalue weighted by Crippen LogP contribution is 2.32. The fourth-order valence-corrected chi connectivity index (χ4v) is 2.59. The molecule has 0 spiro atoms. The van der Waals surface area contributed by atoms with Gasteiger partial charge in [0.15, 0.2) is 0 Å². The van der Waals surface area contributed by atoms with Crippen LogP contribution in [0.4, 0.5) is 11.4 Å². The minimum Gasteiger partial charge on any atom is -0.389 e. The zero-order valence-corrected chi connectivity index (χ0v) is 13.4. The Bertz CT molecular complexity index is 643. The van der Waals surface area contributed by atoms with Crippen LogP contribution >= 0.6 is 39.7 Å². The van der Waals surface area contributed by atoms with E-state index in [-0.39, 0.29) is 0 Å². The van der Waals surface area contributed by atoms with Gasteiger partial charge in [-0.1, -0.05) is 36.0 Å². The molecule has 0 saturated heterocycles. The topological polar surface area (TPSA) is 38.0 Å². The highest BCUT2D eigenvalue weighted by Gasteiger charge is 2.08. The molecular weight excluding hydrogens is 344 g/mol. The first kappa shape index (κ1) is 14.3. The largest absolute Gasteiger partial charge is 0.389 e. The quantitative estimate of drug-likeness (QED) is 0.778. The van der Waals surface area contributed by atoms with Gasteiger partial charge in [-0.25, -0.2) is 0 Å². The van der Waals surface area contributed by atoms with Crippen LogP contribution in [0.25, 0.3) is 0 Å². The lowest BCUT2D eigenvalue weighted by Gasteiger charge is -2.13. The van der Waals surface area contributed by atoms with E-state index in [2.05, 4.69) is 21.2 Å². The molecule has 0 heterocycles. The van der Waals surface area contributed by atoms with Crippen molar-refractivity contribution in [1.82, 2.24) is 0 Å². The molecule has 0 aliphatic heterocycles. The second-order valence-corrected chi connectivity index (χ2v) is 5.82. The van der Waals surface area contributed by atoms with Gasteiger partial charge in [0.05, 0.1) is 5.69 Å². The lowest BCUT2D eigenvalue weighted by molar-refractivity contribution is 1.43. The molecule has 0 bridgehead atoms. The number of aryl methyl sites for hydroxylation is 1. The van der Waals surface area contributed by atoms with Crippen LogP contribution in [0.15, 0.2) is 40.9 Å². The van der Waals surface area contributed by atoms with Crippen LogP contribution in [0, 0.1) is 6.92 Å². The molecule has 0 unspecified atom stereocenters. The Labute approximate surface area is 131 Å². The van der Waals surface area contributed by atoms with Crippen LogP contribution in [0.5, 0.6) is 0 Å². The molecule has 3 N–H and O–H groups in total. The molecule has 0 atom stereocenters. The van der Waals surface area contributed by atoms with E-state index in [1.807, 2.05) is 43.3 Å². The van der Waals surface area contributed by atoms with Gasteiger partial charge in [-0.05, 0) is 52.7 Å². The summed E-state index contributed by atoms with van der Waals surface area (Å²) in [4.78, 5) is 0.359. The molecule has 0 amide bonds. The number of rotatable bonds is 3. The van der Waals surface area contributed by atoms with Gasteiger partial charge in [0.2, 0.25) is 0 Å². The van der Waals surface area contributed by atoms with E-state index in [9.17, 15) is 0 Å². The molecule has 0 aliphatic rings. The van der Waals surface area contributed by atoms with Crippen molar-refractivity contribution in [2.24, 2.45) is 5.73 Å². The third kappa shape index (κ3) is 3.26. The summed E-state index contributed by atoms with van der Waals surface area (Å²) in [5.41, 5.74) is 9.27. The monoisotopic (exact) mass is 354 g/mol. The van der Waals surface area contributed by atoms with Gasteiger partial charge >= 0.3 is 0 Å². The van der Waals surface area contributed by atoms with E-state index in [4.69, 9.17) is 29.6 Å². The normalized spacial score (nSPS) is 10.3. The van der Waals surface area contributed by atoms with Gasteiger partial charge in [0.1, 0.15) is 4.99 Å². The average Bonchev–Trinajstić information content (AvgIpc) is 2.36. The van der Waals surface area contributed by atoms with Gasteiger partial charge in [-0.2, -0.15) is 0 Å². The molecule has 19 heavy (non-hydrogen) atoms. The minimum atomic E-state index is 0.359. The Hall–Kier alpha value is -1.10. The molecule has 5 heteroatoms. The number of anilines is 2. The molecule has 2 aromatic rings. The third-order valence-electron chi connectivity index (χ3n) is 2.71. The van der Waals surface area contributed by atoms with E-state index in [0.717, 1.165) is 27.0 Å². The zero-order valence-electron chi connectivity index (χ0n) is 10.2. The molecule has 0 aromatic heterocycles. The van der Waals surface area contributed by atoms with Crippen molar-refractivity contribution in [3.8, 4) is 0 Å². The summed E-state index contributed by atoms with van der Waals surface area (Å²) in [5.74, 6) is 0. The Balaban J connectivity index is 2.42. The van der Waals surface area contributed by atoms with Crippen molar-refractivity contribution in [3.63, 3.8) is 0 Å². The zero-order chi connectivity index (χ0) is 14.0. The first-order valence-corrected chi connectivity index (χ1v) is 7.18. The molecule has 2 aromatic carbocycles. The second kappa shape index (κ2) is 5.90. The van der Waals surface area contributed by atoms with Crippen molar-refractivity contribution in [2.75, 3.05) is 5.32 Å². The maximum absolute atomic E-state index is 6.14. The predicted octanol–water partition coefficient (Wildman–Crippen LogP) is 4.79. The fourth-order valence-electron chi connectivity index (χ4n) is 1.69. The number of benzene rings is 2. The molecular formula is C14H12BrClN2S. The van der Waals surface area contributed by atoms with Gasteiger partial charge in [0.25, 0.3) is 0 Å². The summed E-state index contributed by atoms with van der Waals surface area (Å²) in [6.07, 6.45) is 0. The fraction of sp³-hybridized carbons (Fsp3) is 0.0714. The molecule has 0 radical (unpaired) electrons. The van der Waals surface area contributed by atoms with Crippen LogP contribution in [-0.2, 0) is 0 Å². The maximum Gasteiger partial charge on any atom is 0.106 e. The molecule has 2 rings (SSSR count). The van der Waals surface area contributed by atoms with Crippen LogP contribution in [0.1, 0.15) is 11.1 Å². The first-order valence-electron chi connectivity index (χ1n) is 5.60. The number of hydrogen-bond acceptors (Lipinski definition) is 2. The van der Waals surface area contributed by atoms with Crippen LogP contribution in [0.2, 0.25) is 5.02 Å². The Morgan fingerprint density at radius 1 is 1.26 bits per heavy atom. The standard InChI is InChI=1S/C14H12BrClN2S/c1-8-6-10(15)13(7-11(8)16)18-12-5-3-2-4-9(12)14(17)19/h2-7,18H,1H3,(H2,17,19). The second-order valence-electron chi connectivity index (χ2n) is 4.12. The molecule has 0 saturated carbocycles. The van der Waals surface area contributed by atoms with Gasteiger partial charge in [-0.3, -0.25) is 0 Å².